The normalized spacial score (nSPS) is 16.8. The fourth-order valence-corrected chi connectivity index (χ4v) is 5.57. The molecule has 0 amide bonds. The van der Waals surface area contributed by atoms with E-state index in [0.29, 0.717) is 30.8 Å². The number of ether oxygens (including phenoxy) is 5. The summed E-state index contributed by atoms with van der Waals surface area (Å²) in [5.41, 5.74) is 5.76. The summed E-state index contributed by atoms with van der Waals surface area (Å²) in [5, 5.41) is 2.50. The molecule has 0 spiro atoms. The van der Waals surface area contributed by atoms with Crippen LogP contribution in [0, 0.1) is 0 Å². The largest absolute Gasteiger partial charge is 0.493 e. The summed E-state index contributed by atoms with van der Waals surface area (Å²) in [5.74, 6) is 2.88. The maximum absolute atomic E-state index is 6.22. The van der Waals surface area contributed by atoms with E-state index < -0.39 is 0 Å². The van der Waals surface area contributed by atoms with E-state index in [4.69, 9.17) is 23.7 Å². The fourth-order valence-electron chi connectivity index (χ4n) is 5.57. The minimum Gasteiger partial charge on any atom is -0.493 e. The van der Waals surface area contributed by atoms with Crippen LogP contribution in [0.25, 0.3) is 0 Å². The lowest BCUT2D eigenvalue weighted by molar-refractivity contribution is -0.694. The lowest BCUT2D eigenvalue weighted by Gasteiger charge is -2.28. The van der Waals surface area contributed by atoms with Crippen LogP contribution < -0.4 is 18.9 Å². The fraction of sp³-hybridized carbons (Fsp3) is 0.387. The lowest BCUT2D eigenvalue weighted by Crippen LogP contribution is -2.47. The second-order valence-corrected chi connectivity index (χ2v) is 9.62. The molecular weight excluding hydrogens is 480 g/mol. The van der Waals surface area contributed by atoms with Gasteiger partial charge < -0.3 is 23.7 Å². The Morgan fingerprint density at radius 2 is 1.53 bits per heavy atom. The Labute approximate surface area is 225 Å². The summed E-state index contributed by atoms with van der Waals surface area (Å²) in [4.78, 5) is 0. The number of hydrogen-bond donors (Lipinski definition) is 0. The first-order chi connectivity index (χ1) is 18.7. The Morgan fingerprint density at radius 1 is 0.816 bits per heavy atom. The number of hydrazine groups is 1. The highest BCUT2D eigenvalue weighted by molar-refractivity contribution is 6.11. The summed E-state index contributed by atoms with van der Waals surface area (Å²) >= 11 is 0. The summed E-state index contributed by atoms with van der Waals surface area (Å²) in [6, 6.07) is 21.0. The molecule has 0 aromatic heterocycles. The molecule has 2 aliphatic heterocycles. The Kier molecular flexibility index (Phi) is 8.03. The number of hydrogen-bond acceptors (Lipinski definition) is 6. The molecule has 0 aliphatic carbocycles. The van der Waals surface area contributed by atoms with Gasteiger partial charge in [-0.1, -0.05) is 30.3 Å². The maximum Gasteiger partial charge on any atom is 0.244 e. The van der Waals surface area contributed by atoms with Gasteiger partial charge in [-0.25, -0.2) is 0 Å². The van der Waals surface area contributed by atoms with Gasteiger partial charge in [0.25, 0.3) is 0 Å². The average Bonchev–Trinajstić information content (AvgIpc) is 3.44. The summed E-state index contributed by atoms with van der Waals surface area (Å²) in [6.07, 6.45) is 3.14. The molecule has 0 bridgehead atoms. The van der Waals surface area contributed by atoms with E-state index in [2.05, 4.69) is 58.2 Å². The average molecular weight is 518 g/mol. The Morgan fingerprint density at radius 3 is 2.26 bits per heavy atom. The molecule has 200 valence electrons. The van der Waals surface area contributed by atoms with Gasteiger partial charge in [-0.2, -0.15) is 5.01 Å². The van der Waals surface area contributed by atoms with Crippen molar-refractivity contribution in [2.45, 2.75) is 31.9 Å². The van der Waals surface area contributed by atoms with Crippen LogP contribution in [0.1, 0.15) is 35.1 Å². The van der Waals surface area contributed by atoms with Crippen molar-refractivity contribution in [1.29, 1.82) is 0 Å². The SMILES string of the molecule is COc1ccc(C2=[N+](N3CCC[C@H]3COCc3ccccc3)CCc3cc(OC)c(OC)cc32)cc1OC. The van der Waals surface area contributed by atoms with Gasteiger partial charge in [-0.05, 0) is 54.3 Å². The zero-order valence-corrected chi connectivity index (χ0v) is 22.7. The van der Waals surface area contributed by atoms with Crippen LogP contribution in [-0.2, 0) is 17.8 Å². The first-order valence-corrected chi connectivity index (χ1v) is 13.2. The summed E-state index contributed by atoms with van der Waals surface area (Å²) < 4.78 is 31.2. The standard InChI is InChI=1S/C31H37N2O5/c1-34-27-13-12-24(18-28(27)35-2)31-26-19-30(37-4)29(36-3)17-23(26)14-16-33(31)32-15-8-11-25(32)21-38-20-22-9-6-5-7-10-22/h5-7,9-10,12-13,17-19,25H,8,11,14-16,20-21H2,1-4H3/q+1/t25-/m0/s1. The molecule has 0 N–H and O–H groups in total. The minimum atomic E-state index is 0.301. The molecule has 1 saturated heterocycles. The summed E-state index contributed by atoms with van der Waals surface area (Å²) in [6.45, 7) is 3.15. The summed E-state index contributed by atoms with van der Waals surface area (Å²) in [7, 11) is 6.70. The van der Waals surface area contributed by atoms with Crippen molar-refractivity contribution in [3.63, 3.8) is 0 Å². The number of hydrazone groups is 1. The number of methoxy groups -OCH3 is 4. The van der Waals surface area contributed by atoms with Crippen molar-refractivity contribution in [2.75, 3.05) is 48.1 Å². The van der Waals surface area contributed by atoms with E-state index in [0.717, 1.165) is 60.7 Å². The van der Waals surface area contributed by atoms with Gasteiger partial charge in [0.15, 0.2) is 29.5 Å². The van der Waals surface area contributed by atoms with Crippen LogP contribution in [0.4, 0.5) is 0 Å². The van der Waals surface area contributed by atoms with Crippen LogP contribution >= 0.6 is 0 Å². The van der Waals surface area contributed by atoms with E-state index in [1.54, 1.807) is 28.4 Å². The van der Waals surface area contributed by atoms with E-state index in [-0.39, 0.29) is 0 Å². The monoisotopic (exact) mass is 517 g/mol. The van der Waals surface area contributed by atoms with E-state index in [1.807, 2.05) is 12.1 Å². The number of nitrogens with zero attached hydrogens (tertiary/aromatic N) is 2. The van der Waals surface area contributed by atoms with E-state index in [9.17, 15) is 0 Å². The minimum absolute atomic E-state index is 0.301. The third kappa shape index (κ3) is 5.16. The first-order valence-electron chi connectivity index (χ1n) is 13.2. The van der Waals surface area contributed by atoms with Crippen LogP contribution in [0.2, 0.25) is 0 Å². The smallest absolute Gasteiger partial charge is 0.244 e. The van der Waals surface area contributed by atoms with Gasteiger partial charge in [-0.15, -0.1) is 4.68 Å². The quantitative estimate of drug-likeness (QED) is 0.363. The lowest BCUT2D eigenvalue weighted by atomic mass is 9.92. The Balaban J connectivity index is 1.55. The third-order valence-electron chi connectivity index (χ3n) is 7.45. The second-order valence-electron chi connectivity index (χ2n) is 9.62. The van der Waals surface area contributed by atoms with Crippen molar-refractivity contribution in [3.8, 4) is 23.0 Å². The van der Waals surface area contributed by atoms with Crippen LogP contribution in [0.15, 0.2) is 60.7 Å². The van der Waals surface area contributed by atoms with Crippen molar-refractivity contribution in [3.05, 3.63) is 82.9 Å². The van der Waals surface area contributed by atoms with Crippen LogP contribution in [0.3, 0.4) is 0 Å². The molecule has 3 aromatic rings. The Hall–Kier alpha value is -3.71. The molecule has 0 radical (unpaired) electrons. The van der Waals surface area contributed by atoms with Gasteiger partial charge in [0.2, 0.25) is 5.71 Å². The molecule has 1 fully saturated rings. The molecule has 7 heteroatoms. The van der Waals surface area contributed by atoms with Gasteiger partial charge in [0.05, 0.1) is 59.3 Å². The highest BCUT2D eigenvalue weighted by Crippen LogP contribution is 2.36. The zero-order valence-electron chi connectivity index (χ0n) is 22.7. The molecule has 2 aliphatic rings. The van der Waals surface area contributed by atoms with Crippen LogP contribution in [0.5, 0.6) is 23.0 Å². The molecule has 38 heavy (non-hydrogen) atoms. The van der Waals surface area contributed by atoms with Crippen molar-refractivity contribution < 1.29 is 28.4 Å². The second kappa shape index (κ2) is 11.8. The molecule has 0 unspecified atom stereocenters. The van der Waals surface area contributed by atoms with Gasteiger partial charge in [0, 0.05) is 6.42 Å². The molecular formula is C31H37N2O5+. The predicted octanol–water partition coefficient (Wildman–Crippen LogP) is 4.72. The maximum atomic E-state index is 6.22. The molecule has 3 aromatic carbocycles. The van der Waals surface area contributed by atoms with Crippen LogP contribution in [-0.4, -0.2) is 69.6 Å². The first kappa shape index (κ1) is 25.9. The highest BCUT2D eigenvalue weighted by Gasteiger charge is 2.38. The zero-order chi connectivity index (χ0) is 26.5. The third-order valence-corrected chi connectivity index (χ3v) is 7.45. The molecule has 7 nitrogen and oxygen atoms in total. The van der Waals surface area contributed by atoms with Gasteiger partial charge >= 0.3 is 0 Å². The molecule has 2 heterocycles. The predicted molar refractivity (Wildman–Crippen MR) is 147 cm³/mol. The topological polar surface area (TPSA) is 52.4 Å². The highest BCUT2D eigenvalue weighted by atomic mass is 16.5. The number of rotatable bonds is 10. The molecule has 5 rings (SSSR count). The molecule has 0 saturated carbocycles. The van der Waals surface area contributed by atoms with Gasteiger partial charge in [-0.3, -0.25) is 0 Å². The molecule has 1 atom stereocenters. The van der Waals surface area contributed by atoms with Crippen molar-refractivity contribution in [2.24, 2.45) is 0 Å². The van der Waals surface area contributed by atoms with Crippen molar-refractivity contribution >= 4 is 5.71 Å². The number of fused-ring (bicyclic) bond motifs is 1. The number of benzene rings is 3. The van der Waals surface area contributed by atoms with Crippen molar-refractivity contribution in [1.82, 2.24) is 5.01 Å². The van der Waals surface area contributed by atoms with E-state index in [1.165, 1.54) is 11.1 Å². The van der Waals surface area contributed by atoms with E-state index >= 15 is 0 Å². The Bertz CT molecular complexity index is 1290. The van der Waals surface area contributed by atoms with Gasteiger partial charge in [0.1, 0.15) is 6.04 Å².